The average Bonchev–Trinajstić information content (AvgIpc) is 3.52. The number of nitrogens with one attached hydrogen (secondary N) is 1. The Balaban J connectivity index is 1.50. The van der Waals surface area contributed by atoms with Crippen LogP contribution >= 0.6 is 0 Å². The lowest BCUT2D eigenvalue weighted by atomic mass is 10.0. The third-order valence-corrected chi connectivity index (χ3v) is 7.20. The minimum absolute atomic E-state index is 0.0830. The minimum atomic E-state index is -0.223. The van der Waals surface area contributed by atoms with E-state index in [1.165, 1.54) is 0 Å². The number of ether oxygens (including phenoxy) is 2. The van der Waals surface area contributed by atoms with Gasteiger partial charge in [-0.25, -0.2) is 4.68 Å². The van der Waals surface area contributed by atoms with E-state index in [-0.39, 0.29) is 17.9 Å². The number of nitrogens with zero attached hydrogens (tertiary/aromatic N) is 5. The van der Waals surface area contributed by atoms with Gasteiger partial charge in [0.1, 0.15) is 0 Å². The Morgan fingerprint density at radius 3 is 2.67 bits per heavy atom. The van der Waals surface area contributed by atoms with Crippen LogP contribution in [-0.2, 0) is 25.2 Å². The van der Waals surface area contributed by atoms with E-state index in [0.29, 0.717) is 25.2 Å². The number of benzene rings is 2. The Kier molecular flexibility index (Phi) is 6.26. The molecule has 3 heterocycles. The van der Waals surface area contributed by atoms with Gasteiger partial charge in [0.2, 0.25) is 6.79 Å². The maximum Gasteiger partial charge on any atom is 0.252 e. The average molecular weight is 489 g/mol. The highest BCUT2D eigenvalue weighted by molar-refractivity contribution is 5.83. The fourth-order valence-electron chi connectivity index (χ4n) is 4.52. The van der Waals surface area contributed by atoms with Gasteiger partial charge in [-0.2, -0.15) is 0 Å². The zero-order valence-electron chi connectivity index (χ0n) is 21.5. The van der Waals surface area contributed by atoms with Gasteiger partial charge in [-0.05, 0) is 84.8 Å². The summed E-state index contributed by atoms with van der Waals surface area (Å²) in [6.45, 7) is 12.2. The Bertz CT molecular complexity index is 1470. The highest BCUT2D eigenvalue weighted by Gasteiger charge is 2.25. The van der Waals surface area contributed by atoms with Gasteiger partial charge in [-0.3, -0.25) is 9.69 Å². The molecule has 0 saturated carbocycles. The molecule has 188 valence electrons. The van der Waals surface area contributed by atoms with Crippen LogP contribution in [0.2, 0.25) is 0 Å². The molecule has 2 aromatic carbocycles. The molecule has 4 aromatic rings. The van der Waals surface area contributed by atoms with E-state index in [0.717, 1.165) is 51.3 Å². The monoisotopic (exact) mass is 488 g/mol. The molecule has 0 spiro atoms. The van der Waals surface area contributed by atoms with Crippen molar-refractivity contribution < 1.29 is 9.47 Å². The number of aromatic amines is 1. The highest BCUT2D eigenvalue weighted by atomic mass is 16.7. The van der Waals surface area contributed by atoms with Crippen molar-refractivity contribution in [3.05, 3.63) is 74.8 Å². The van der Waals surface area contributed by atoms with Gasteiger partial charge < -0.3 is 14.5 Å². The summed E-state index contributed by atoms with van der Waals surface area (Å²) >= 11 is 0. The normalized spacial score (nSPS) is 13.2. The van der Waals surface area contributed by atoms with Crippen molar-refractivity contribution >= 4 is 10.9 Å². The Labute approximate surface area is 210 Å². The van der Waals surface area contributed by atoms with E-state index in [4.69, 9.17) is 9.47 Å². The molecule has 0 saturated heterocycles. The van der Waals surface area contributed by atoms with Crippen molar-refractivity contribution in [2.45, 2.75) is 66.2 Å². The number of hydrogen-bond donors (Lipinski definition) is 1. The first-order valence-electron chi connectivity index (χ1n) is 12.3. The molecule has 9 heteroatoms. The molecular formula is C27H32N6O3. The molecule has 0 amide bonds. The molecule has 5 rings (SSSR count). The summed E-state index contributed by atoms with van der Waals surface area (Å²) in [6.07, 6.45) is 0.885. The van der Waals surface area contributed by atoms with Crippen LogP contribution < -0.4 is 15.0 Å². The number of tetrazole rings is 1. The Morgan fingerprint density at radius 1 is 1.06 bits per heavy atom. The molecule has 0 radical (unpaired) electrons. The smallest absolute Gasteiger partial charge is 0.252 e. The van der Waals surface area contributed by atoms with Crippen LogP contribution in [0.15, 0.2) is 41.2 Å². The number of pyridine rings is 1. The van der Waals surface area contributed by atoms with Gasteiger partial charge in [-0.15, -0.1) is 5.10 Å². The third kappa shape index (κ3) is 4.58. The van der Waals surface area contributed by atoms with E-state index in [9.17, 15) is 4.79 Å². The lowest BCUT2D eigenvalue weighted by Gasteiger charge is -2.27. The largest absolute Gasteiger partial charge is 0.454 e. The second-order valence-electron chi connectivity index (χ2n) is 10.1. The van der Waals surface area contributed by atoms with E-state index in [1.807, 2.05) is 35.9 Å². The molecule has 0 bridgehead atoms. The predicted octanol–water partition coefficient (Wildman–Crippen LogP) is 4.21. The maximum atomic E-state index is 13.1. The van der Waals surface area contributed by atoms with E-state index in [1.54, 1.807) is 0 Å². The van der Waals surface area contributed by atoms with Gasteiger partial charge in [-0.1, -0.05) is 25.1 Å². The van der Waals surface area contributed by atoms with Crippen LogP contribution in [0.25, 0.3) is 10.9 Å². The van der Waals surface area contributed by atoms with E-state index < -0.39 is 0 Å². The molecule has 0 atom stereocenters. The van der Waals surface area contributed by atoms with E-state index in [2.05, 4.69) is 65.2 Å². The zero-order chi connectivity index (χ0) is 25.4. The minimum Gasteiger partial charge on any atom is -0.454 e. The van der Waals surface area contributed by atoms with Crippen LogP contribution in [0.1, 0.15) is 55.3 Å². The maximum absolute atomic E-state index is 13.1. The molecule has 1 aliphatic rings. The molecular weight excluding hydrogens is 456 g/mol. The van der Waals surface area contributed by atoms with Gasteiger partial charge in [0.25, 0.3) is 5.56 Å². The number of aromatic nitrogens is 5. The SMILES string of the molecule is CCC(C)(C)n1nnnc1CN(Cc1ccc2c(c1)OCO2)Cc1cc2ccc(C)c(C)c2[nH]c1=O. The summed E-state index contributed by atoms with van der Waals surface area (Å²) in [4.78, 5) is 18.4. The zero-order valence-corrected chi connectivity index (χ0v) is 21.5. The van der Waals surface area contributed by atoms with Crippen molar-refractivity contribution in [3.8, 4) is 11.5 Å². The van der Waals surface area contributed by atoms with Crippen molar-refractivity contribution in [2.75, 3.05) is 6.79 Å². The summed E-state index contributed by atoms with van der Waals surface area (Å²) in [5, 5.41) is 13.6. The quantitative estimate of drug-likeness (QED) is 0.397. The van der Waals surface area contributed by atoms with Crippen LogP contribution in [0, 0.1) is 13.8 Å². The third-order valence-electron chi connectivity index (χ3n) is 7.20. The Hall–Kier alpha value is -3.72. The second kappa shape index (κ2) is 9.39. The summed E-state index contributed by atoms with van der Waals surface area (Å²) in [7, 11) is 0. The van der Waals surface area contributed by atoms with E-state index >= 15 is 0 Å². The number of aryl methyl sites for hydroxylation is 2. The molecule has 2 aromatic heterocycles. The lowest BCUT2D eigenvalue weighted by Crippen LogP contribution is -2.32. The molecule has 36 heavy (non-hydrogen) atoms. The summed E-state index contributed by atoms with van der Waals surface area (Å²) < 4.78 is 12.9. The molecule has 1 N–H and O–H groups in total. The highest BCUT2D eigenvalue weighted by Crippen LogP contribution is 2.33. The fourth-order valence-corrected chi connectivity index (χ4v) is 4.52. The van der Waals surface area contributed by atoms with Crippen molar-refractivity contribution in [3.63, 3.8) is 0 Å². The first-order chi connectivity index (χ1) is 17.2. The van der Waals surface area contributed by atoms with Crippen molar-refractivity contribution in [2.24, 2.45) is 0 Å². The standard InChI is InChI=1S/C27H32N6O3/c1-6-27(4,5)33-24(29-30-31-33)15-32(13-19-8-10-22-23(11-19)36-16-35-22)14-21-12-20-9-7-17(2)18(3)25(20)28-26(21)34/h7-12H,6,13-16H2,1-5H3,(H,28,34). The fraction of sp³-hybridized carbons (Fsp3) is 0.407. The topological polar surface area (TPSA) is 98.2 Å². The van der Waals surface area contributed by atoms with Gasteiger partial charge in [0, 0.05) is 18.7 Å². The molecule has 1 aliphatic heterocycles. The molecule has 9 nitrogen and oxygen atoms in total. The first kappa shape index (κ1) is 24.0. The van der Waals surface area contributed by atoms with Gasteiger partial charge >= 0.3 is 0 Å². The van der Waals surface area contributed by atoms with Crippen LogP contribution in [-0.4, -0.2) is 36.9 Å². The van der Waals surface area contributed by atoms with Crippen LogP contribution in [0.5, 0.6) is 11.5 Å². The van der Waals surface area contributed by atoms with Gasteiger partial charge in [0.05, 0.1) is 17.6 Å². The van der Waals surface area contributed by atoms with Crippen LogP contribution in [0.3, 0.4) is 0 Å². The van der Waals surface area contributed by atoms with Crippen molar-refractivity contribution in [1.82, 2.24) is 30.1 Å². The summed E-state index contributed by atoms with van der Waals surface area (Å²) in [5.41, 5.74) is 4.58. The second-order valence-corrected chi connectivity index (χ2v) is 10.1. The van der Waals surface area contributed by atoms with Crippen molar-refractivity contribution in [1.29, 1.82) is 0 Å². The Morgan fingerprint density at radius 2 is 1.86 bits per heavy atom. The number of hydrogen-bond acceptors (Lipinski definition) is 7. The number of H-pyrrole nitrogens is 1. The molecule has 0 fully saturated rings. The number of fused-ring (bicyclic) bond motifs is 2. The molecule has 0 unspecified atom stereocenters. The predicted molar refractivity (Wildman–Crippen MR) is 137 cm³/mol. The van der Waals surface area contributed by atoms with Gasteiger partial charge in [0.15, 0.2) is 17.3 Å². The van der Waals surface area contributed by atoms with Crippen LogP contribution in [0.4, 0.5) is 0 Å². The summed E-state index contributed by atoms with van der Waals surface area (Å²) in [6, 6.07) is 12.1. The molecule has 0 aliphatic carbocycles. The lowest BCUT2D eigenvalue weighted by molar-refractivity contribution is 0.174. The number of rotatable bonds is 8. The first-order valence-corrected chi connectivity index (χ1v) is 12.3. The summed E-state index contributed by atoms with van der Waals surface area (Å²) in [5.74, 6) is 2.24.